The first-order valence-electron chi connectivity index (χ1n) is 5.45. The topological polar surface area (TPSA) is 12.0 Å². The van der Waals surface area contributed by atoms with Crippen molar-refractivity contribution < 1.29 is 4.39 Å². The van der Waals surface area contributed by atoms with E-state index >= 15 is 0 Å². The summed E-state index contributed by atoms with van der Waals surface area (Å²) in [7, 11) is 0. The Morgan fingerprint density at radius 3 is 2.73 bits per heavy atom. The molecule has 1 saturated carbocycles. The third-order valence-corrected chi connectivity index (χ3v) is 4.42. The van der Waals surface area contributed by atoms with E-state index in [1.807, 2.05) is 0 Å². The summed E-state index contributed by atoms with van der Waals surface area (Å²) in [6.07, 6.45) is 4.94. The molecule has 0 saturated heterocycles. The average Bonchev–Trinajstić information content (AvgIpc) is 2.77. The highest BCUT2D eigenvalue weighted by Crippen LogP contribution is 2.50. The smallest absolute Gasteiger partial charge is 0.124 e. The Morgan fingerprint density at radius 1 is 1.27 bits per heavy atom. The van der Waals surface area contributed by atoms with Crippen LogP contribution < -0.4 is 5.32 Å². The molecule has 0 unspecified atom stereocenters. The molecule has 1 heterocycles. The number of halogens is 2. The maximum Gasteiger partial charge on any atom is 0.124 e. The molecule has 1 nitrogen and oxygen atoms in total. The van der Waals surface area contributed by atoms with Crippen molar-refractivity contribution in [1.29, 1.82) is 0 Å². The van der Waals surface area contributed by atoms with Crippen LogP contribution in [0.5, 0.6) is 0 Å². The summed E-state index contributed by atoms with van der Waals surface area (Å²) < 4.78 is 14.3. The van der Waals surface area contributed by atoms with Gasteiger partial charge in [0, 0.05) is 16.4 Å². The Bertz CT molecular complexity index is 410. The second-order valence-corrected chi connectivity index (χ2v) is 5.51. The van der Waals surface area contributed by atoms with Gasteiger partial charge in [0.05, 0.1) is 5.69 Å². The Kier molecular flexibility index (Phi) is 2.06. The molecule has 0 radical (unpaired) electrons. The standard InChI is InChI=1S/C12H13BrFN/c13-10-6-8(14)5-9-11(10)15-7-12(9)3-1-2-4-12/h5-6,15H,1-4,7H2. The van der Waals surface area contributed by atoms with Crippen LogP contribution in [-0.2, 0) is 5.41 Å². The van der Waals surface area contributed by atoms with E-state index < -0.39 is 0 Å². The molecule has 1 spiro atoms. The molecule has 80 valence electrons. The summed E-state index contributed by atoms with van der Waals surface area (Å²) in [5.74, 6) is -0.129. The van der Waals surface area contributed by atoms with E-state index in [0.29, 0.717) is 0 Å². The van der Waals surface area contributed by atoms with Crippen LogP contribution in [0.3, 0.4) is 0 Å². The second-order valence-electron chi connectivity index (χ2n) is 4.65. The molecule has 15 heavy (non-hydrogen) atoms. The van der Waals surface area contributed by atoms with Gasteiger partial charge < -0.3 is 5.32 Å². The van der Waals surface area contributed by atoms with E-state index in [0.717, 1.165) is 16.7 Å². The van der Waals surface area contributed by atoms with Crippen molar-refractivity contribution in [2.24, 2.45) is 0 Å². The molecule has 1 aromatic rings. The molecule has 0 atom stereocenters. The van der Waals surface area contributed by atoms with E-state index in [1.54, 1.807) is 12.1 Å². The maximum absolute atomic E-state index is 13.4. The minimum absolute atomic E-state index is 0.129. The zero-order valence-electron chi connectivity index (χ0n) is 8.45. The van der Waals surface area contributed by atoms with Gasteiger partial charge in [0.2, 0.25) is 0 Å². The van der Waals surface area contributed by atoms with Crippen LogP contribution in [0.1, 0.15) is 31.2 Å². The molecular formula is C12H13BrFN. The van der Waals surface area contributed by atoms with Crippen molar-refractivity contribution in [3.05, 3.63) is 28.0 Å². The van der Waals surface area contributed by atoms with Crippen LogP contribution in [0.15, 0.2) is 16.6 Å². The molecule has 2 aliphatic rings. The number of hydrogen-bond donors (Lipinski definition) is 1. The van der Waals surface area contributed by atoms with E-state index in [9.17, 15) is 4.39 Å². The molecule has 1 aliphatic heterocycles. The van der Waals surface area contributed by atoms with Gasteiger partial charge in [0.1, 0.15) is 5.82 Å². The highest BCUT2D eigenvalue weighted by Gasteiger charge is 2.42. The van der Waals surface area contributed by atoms with Gasteiger partial charge in [-0.2, -0.15) is 0 Å². The summed E-state index contributed by atoms with van der Waals surface area (Å²) in [5, 5.41) is 3.41. The fourth-order valence-electron chi connectivity index (χ4n) is 3.02. The highest BCUT2D eigenvalue weighted by atomic mass is 79.9. The molecule has 0 aromatic heterocycles. The van der Waals surface area contributed by atoms with E-state index in [-0.39, 0.29) is 11.2 Å². The first-order valence-corrected chi connectivity index (χ1v) is 6.24. The van der Waals surface area contributed by atoms with Crippen molar-refractivity contribution in [2.45, 2.75) is 31.1 Å². The van der Waals surface area contributed by atoms with Crippen LogP contribution >= 0.6 is 15.9 Å². The quantitative estimate of drug-likeness (QED) is 0.755. The average molecular weight is 270 g/mol. The van der Waals surface area contributed by atoms with Gasteiger partial charge in [-0.1, -0.05) is 12.8 Å². The fourth-order valence-corrected chi connectivity index (χ4v) is 3.59. The lowest BCUT2D eigenvalue weighted by Gasteiger charge is -2.22. The number of nitrogens with one attached hydrogen (secondary N) is 1. The predicted molar refractivity (Wildman–Crippen MR) is 62.7 cm³/mol. The Labute approximate surface area is 97.2 Å². The Balaban J connectivity index is 2.16. The zero-order valence-corrected chi connectivity index (χ0v) is 10.0. The van der Waals surface area contributed by atoms with Gasteiger partial charge >= 0.3 is 0 Å². The molecule has 1 fully saturated rings. The maximum atomic E-state index is 13.4. The first kappa shape index (κ1) is 9.64. The molecule has 0 amide bonds. The van der Waals surface area contributed by atoms with Crippen molar-refractivity contribution in [1.82, 2.24) is 0 Å². The Morgan fingerprint density at radius 2 is 2.00 bits per heavy atom. The monoisotopic (exact) mass is 269 g/mol. The lowest BCUT2D eigenvalue weighted by molar-refractivity contribution is 0.485. The molecule has 1 aromatic carbocycles. The third-order valence-electron chi connectivity index (χ3n) is 3.79. The van der Waals surface area contributed by atoms with E-state index in [4.69, 9.17) is 0 Å². The summed E-state index contributed by atoms with van der Waals surface area (Å²) in [6, 6.07) is 3.26. The first-order chi connectivity index (χ1) is 7.21. The molecule has 0 bridgehead atoms. The minimum atomic E-state index is -0.129. The molecule has 1 aliphatic carbocycles. The number of fused-ring (bicyclic) bond motifs is 2. The van der Waals surface area contributed by atoms with Crippen LogP contribution in [0, 0.1) is 5.82 Å². The van der Waals surface area contributed by atoms with Gasteiger partial charge in [-0.3, -0.25) is 0 Å². The normalized spacial score (nSPS) is 21.7. The number of hydrogen-bond acceptors (Lipinski definition) is 1. The van der Waals surface area contributed by atoms with Gasteiger partial charge in [0.15, 0.2) is 0 Å². The highest BCUT2D eigenvalue weighted by molar-refractivity contribution is 9.10. The molecule has 1 N–H and O–H groups in total. The fraction of sp³-hybridized carbons (Fsp3) is 0.500. The Hall–Kier alpha value is -0.570. The van der Waals surface area contributed by atoms with Crippen molar-refractivity contribution in [2.75, 3.05) is 11.9 Å². The van der Waals surface area contributed by atoms with E-state index in [1.165, 1.54) is 31.2 Å². The van der Waals surface area contributed by atoms with Gasteiger partial charge in [-0.25, -0.2) is 4.39 Å². The second kappa shape index (κ2) is 3.21. The molecular weight excluding hydrogens is 257 g/mol. The van der Waals surface area contributed by atoms with Crippen molar-refractivity contribution in [3.8, 4) is 0 Å². The SMILES string of the molecule is Fc1cc(Br)c2c(c1)C1(CCCC1)CN2. The van der Waals surface area contributed by atoms with Crippen molar-refractivity contribution in [3.63, 3.8) is 0 Å². The number of anilines is 1. The lowest BCUT2D eigenvalue weighted by atomic mass is 9.81. The van der Waals surface area contributed by atoms with Crippen LogP contribution in [0.2, 0.25) is 0 Å². The zero-order chi connectivity index (χ0) is 10.5. The predicted octanol–water partition coefficient (Wildman–Crippen LogP) is 3.83. The van der Waals surface area contributed by atoms with Gasteiger partial charge in [-0.15, -0.1) is 0 Å². The number of rotatable bonds is 0. The van der Waals surface area contributed by atoms with Crippen LogP contribution in [0.25, 0.3) is 0 Å². The van der Waals surface area contributed by atoms with E-state index in [2.05, 4.69) is 21.2 Å². The van der Waals surface area contributed by atoms with Crippen LogP contribution in [-0.4, -0.2) is 6.54 Å². The van der Waals surface area contributed by atoms with Gasteiger partial charge in [0.25, 0.3) is 0 Å². The summed E-state index contributed by atoms with van der Waals surface area (Å²) >= 11 is 3.43. The molecule has 3 rings (SSSR count). The largest absolute Gasteiger partial charge is 0.383 e. The summed E-state index contributed by atoms with van der Waals surface area (Å²) in [5.41, 5.74) is 2.52. The summed E-state index contributed by atoms with van der Waals surface area (Å²) in [6.45, 7) is 0.977. The molecule has 3 heteroatoms. The minimum Gasteiger partial charge on any atom is -0.383 e. The van der Waals surface area contributed by atoms with Crippen LogP contribution in [0.4, 0.5) is 10.1 Å². The van der Waals surface area contributed by atoms with Crippen molar-refractivity contribution >= 4 is 21.6 Å². The third kappa shape index (κ3) is 1.32. The summed E-state index contributed by atoms with van der Waals surface area (Å²) in [4.78, 5) is 0. The lowest BCUT2D eigenvalue weighted by Crippen LogP contribution is -2.24. The van der Waals surface area contributed by atoms with Gasteiger partial charge in [-0.05, 0) is 46.5 Å². The number of benzene rings is 1.